The SMILES string of the molecule is CCCCCCCC(I)C(=O)C(COC)C1CCCC1. The molecule has 0 N–H and O–H groups in total. The Morgan fingerprint density at radius 2 is 1.85 bits per heavy atom. The van der Waals surface area contributed by atoms with Gasteiger partial charge in [0.2, 0.25) is 0 Å². The lowest BCUT2D eigenvalue weighted by Crippen LogP contribution is -2.32. The number of ether oxygens (including phenoxy) is 1. The van der Waals surface area contributed by atoms with Gasteiger partial charge in [-0.05, 0) is 25.2 Å². The summed E-state index contributed by atoms with van der Waals surface area (Å²) >= 11 is 2.36. The molecule has 0 aromatic carbocycles. The van der Waals surface area contributed by atoms with Crippen molar-refractivity contribution in [1.82, 2.24) is 0 Å². The fourth-order valence-electron chi connectivity index (χ4n) is 3.29. The summed E-state index contributed by atoms with van der Waals surface area (Å²) in [5, 5.41) is 0. The summed E-state index contributed by atoms with van der Waals surface area (Å²) in [6.45, 7) is 2.86. The smallest absolute Gasteiger partial charge is 0.151 e. The molecule has 0 saturated heterocycles. The van der Waals surface area contributed by atoms with Crippen LogP contribution in [0.4, 0.5) is 0 Å². The molecule has 1 aliphatic rings. The molecule has 2 nitrogen and oxygen atoms in total. The maximum Gasteiger partial charge on any atom is 0.151 e. The molecule has 0 bridgehead atoms. The molecule has 0 aromatic heterocycles. The van der Waals surface area contributed by atoms with Gasteiger partial charge in [-0.1, -0.05) is 74.5 Å². The summed E-state index contributed by atoms with van der Waals surface area (Å²) < 4.78 is 5.51. The molecule has 20 heavy (non-hydrogen) atoms. The number of ketones is 1. The van der Waals surface area contributed by atoms with Crippen LogP contribution in [-0.4, -0.2) is 23.4 Å². The largest absolute Gasteiger partial charge is 0.384 e. The normalized spacial score (nSPS) is 19.1. The second-order valence-electron chi connectivity index (χ2n) is 6.18. The molecule has 3 heteroatoms. The topological polar surface area (TPSA) is 26.3 Å². The van der Waals surface area contributed by atoms with Crippen molar-refractivity contribution in [2.24, 2.45) is 11.8 Å². The van der Waals surface area contributed by atoms with Crippen LogP contribution in [-0.2, 0) is 9.53 Å². The highest BCUT2D eigenvalue weighted by atomic mass is 127. The highest BCUT2D eigenvalue weighted by Crippen LogP contribution is 2.34. The lowest BCUT2D eigenvalue weighted by Gasteiger charge is -2.24. The van der Waals surface area contributed by atoms with Crippen molar-refractivity contribution >= 4 is 28.4 Å². The molecular formula is C17H31IO2. The first-order chi connectivity index (χ1) is 9.70. The van der Waals surface area contributed by atoms with Gasteiger partial charge in [-0.25, -0.2) is 0 Å². The van der Waals surface area contributed by atoms with Crippen LogP contribution in [0, 0.1) is 11.8 Å². The van der Waals surface area contributed by atoms with E-state index in [9.17, 15) is 4.79 Å². The fraction of sp³-hybridized carbons (Fsp3) is 0.941. The molecule has 0 spiro atoms. The summed E-state index contributed by atoms with van der Waals surface area (Å²) in [6, 6.07) is 0. The van der Waals surface area contributed by atoms with E-state index in [2.05, 4.69) is 29.5 Å². The van der Waals surface area contributed by atoms with Gasteiger partial charge < -0.3 is 4.74 Å². The van der Waals surface area contributed by atoms with Crippen molar-refractivity contribution in [3.8, 4) is 0 Å². The Morgan fingerprint density at radius 1 is 1.20 bits per heavy atom. The monoisotopic (exact) mass is 394 g/mol. The molecule has 1 aliphatic carbocycles. The van der Waals surface area contributed by atoms with Crippen LogP contribution < -0.4 is 0 Å². The Balaban J connectivity index is 2.34. The van der Waals surface area contributed by atoms with E-state index in [1.165, 1.54) is 57.8 Å². The molecule has 2 atom stereocenters. The third-order valence-electron chi connectivity index (χ3n) is 4.55. The Kier molecular flexibility index (Phi) is 10.1. The quantitative estimate of drug-likeness (QED) is 0.275. The van der Waals surface area contributed by atoms with Gasteiger partial charge in [0.15, 0.2) is 5.78 Å². The zero-order valence-electron chi connectivity index (χ0n) is 13.2. The van der Waals surface area contributed by atoms with E-state index in [0.29, 0.717) is 18.3 Å². The van der Waals surface area contributed by atoms with Crippen molar-refractivity contribution < 1.29 is 9.53 Å². The molecule has 0 heterocycles. The van der Waals surface area contributed by atoms with E-state index < -0.39 is 0 Å². The van der Waals surface area contributed by atoms with Crippen LogP contribution >= 0.6 is 22.6 Å². The van der Waals surface area contributed by atoms with Crippen LogP contribution in [0.2, 0.25) is 0 Å². The van der Waals surface area contributed by atoms with Crippen LogP contribution in [0.3, 0.4) is 0 Å². The van der Waals surface area contributed by atoms with Crippen molar-refractivity contribution in [1.29, 1.82) is 0 Å². The van der Waals surface area contributed by atoms with Crippen LogP contribution in [0.5, 0.6) is 0 Å². The van der Waals surface area contributed by atoms with Crippen molar-refractivity contribution in [3.63, 3.8) is 0 Å². The lowest BCUT2D eigenvalue weighted by atomic mass is 9.86. The second kappa shape index (κ2) is 11.0. The number of carbonyl (C=O) groups is 1. The van der Waals surface area contributed by atoms with E-state index in [1.54, 1.807) is 7.11 Å². The first-order valence-electron chi connectivity index (χ1n) is 8.37. The molecule has 1 fully saturated rings. The molecule has 2 unspecified atom stereocenters. The standard InChI is InChI=1S/C17H31IO2/c1-3-4-5-6-7-12-16(18)17(19)15(13-20-2)14-10-8-9-11-14/h14-16H,3-13H2,1-2H3. The molecule has 0 radical (unpaired) electrons. The molecular weight excluding hydrogens is 363 g/mol. The highest BCUT2D eigenvalue weighted by Gasteiger charge is 2.33. The Labute approximate surface area is 138 Å². The fourth-order valence-corrected chi connectivity index (χ4v) is 4.19. The van der Waals surface area contributed by atoms with Gasteiger partial charge in [-0.2, -0.15) is 0 Å². The second-order valence-corrected chi connectivity index (χ2v) is 7.68. The summed E-state index contributed by atoms with van der Waals surface area (Å²) in [7, 11) is 1.72. The number of rotatable bonds is 11. The number of halogens is 1. The van der Waals surface area contributed by atoms with Gasteiger partial charge in [0, 0.05) is 13.0 Å². The molecule has 118 valence electrons. The number of unbranched alkanes of at least 4 members (excludes halogenated alkanes) is 4. The van der Waals surface area contributed by atoms with Crippen LogP contribution in [0.15, 0.2) is 0 Å². The number of Topliss-reactive ketones (excluding diaryl/α,β-unsaturated/α-hetero) is 1. The maximum atomic E-state index is 12.7. The van der Waals surface area contributed by atoms with E-state index in [0.717, 1.165) is 6.42 Å². The molecule has 0 aromatic rings. The average Bonchev–Trinajstić information content (AvgIpc) is 2.97. The Morgan fingerprint density at radius 3 is 2.45 bits per heavy atom. The van der Waals surface area contributed by atoms with Crippen LogP contribution in [0.25, 0.3) is 0 Å². The lowest BCUT2D eigenvalue weighted by molar-refractivity contribution is -0.125. The molecule has 0 amide bonds. The van der Waals surface area contributed by atoms with E-state index in [-0.39, 0.29) is 9.84 Å². The predicted molar refractivity (Wildman–Crippen MR) is 93.5 cm³/mol. The average molecular weight is 394 g/mol. The van der Waals surface area contributed by atoms with Crippen molar-refractivity contribution in [3.05, 3.63) is 0 Å². The highest BCUT2D eigenvalue weighted by molar-refractivity contribution is 14.1. The minimum Gasteiger partial charge on any atom is -0.384 e. The van der Waals surface area contributed by atoms with Gasteiger partial charge in [-0.3, -0.25) is 4.79 Å². The van der Waals surface area contributed by atoms with Gasteiger partial charge >= 0.3 is 0 Å². The number of methoxy groups -OCH3 is 1. The number of alkyl halides is 1. The summed E-state index contributed by atoms with van der Waals surface area (Å²) in [4.78, 5) is 12.7. The maximum absolute atomic E-state index is 12.7. The predicted octanol–water partition coefficient (Wildman–Crippen LogP) is 5.17. The summed E-state index contributed by atoms with van der Waals surface area (Å²) in [6.07, 6.45) is 12.5. The first kappa shape index (κ1) is 18.4. The van der Waals surface area contributed by atoms with Gasteiger partial charge in [0.05, 0.1) is 10.5 Å². The van der Waals surface area contributed by atoms with Gasteiger partial charge in [0.1, 0.15) is 0 Å². The summed E-state index contributed by atoms with van der Waals surface area (Å²) in [5.74, 6) is 1.19. The van der Waals surface area contributed by atoms with Gasteiger partial charge in [0.25, 0.3) is 0 Å². The number of hydrogen-bond donors (Lipinski definition) is 0. The first-order valence-corrected chi connectivity index (χ1v) is 9.62. The van der Waals surface area contributed by atoms with Crippen molar-refractivity contribution in [2.45, 2.75) is 75.1 Å². The van der Waals surface area contributed by atoms with E-state index >= 15 is 0 Å². The minimum atomic E-state index is 0.153. The zero-order chi connectivity index (χ0) is 14.8. The van der Waals surface area contributed by atoms with E-state index in [4.69, 9.17) is 4.74 Å². The van der Waals surface area contributed by atoms with E-state index in [1.807, 2.05) is 0 Å². The third-order valence-corrected chi connectivity index (χ3v) is 5.79. The van der Waals surface area contributed by atoms with Crippen LogP contribution in [0.1, 0.15) is 71.1 Å². The number of carbonyl (C=O) groups excluding carboxylic acids is 1. The Bertz CT molecular complexity index is 262. The molecule has 1 saturated carbocycles. The molecule has 0 aliphatic heterocycles. The molecule has 1 rings (SSSR count). The zero-order valence-corrected chi connectivity index (χ0v) is 15.4. The summed E-state index contributed by atoms with van der Waals surface area (Å²) in [5.41, 5.74) is 0. The van der Waals surface area contributed by atoms with Crippen molar-refractivity contribution in [2.75, 3.05) is 13.7 Å². The minimum absolute atomic E-state index is 0.153. The van der Waals surface area contributed by atoms with Gasteiger partial charge in [-0.15, -0.1) is 0 Å². The third kappa shape index (κ3) is 6.42. The number of hydrogen-bond acceptors (Lipinski definition) is 2. The Hall–Kier alpha value is 0.360.